The summed E-state index contributed by atoms with van der Waals surface area (Å²) >= 11 is 5.56. The van der Waals surface area contributed by atoms with Crippen LogP contribution in [-0.4, -0.2) is 37.8 Å². The minimum atomic E-state index is 0.0163. The van der Waals surface area contributed by atoms with Gasteiger partial charge in [-0.3, -0.25) is 4.98 Å². The molecule has 1 aliphatic heterocycles. The van der Waals surface area contributed by atoms with Gasteiger partial charge in [-0.2, -0.15) is 0 Å². The molecule has 122 valence electrons. The SMILES string of the molecule is CCn1cccc1C1C(c2ccccn2)NC(=S)N1CCCO. The zero-order valence-corrected chi connectivity index (χ0v) is 14.0. The van der Waals surface area contributed by atoms with Gasteiger partial charge in [-0.05, 0) is 49.8 Å². The number of nitrogens with one attached hydrogen (secondary N) is 1. The fraction of sp³-hybridized carbons (Fsp3) is 0.412. The molecule has 2 unspecified atom stereocenters. The molecule has 1 aliphatic rings. The van der Waals surface area contributed by atoms with E-state index in [1.54, 1.807) is 0 Å². The molecule has 0 amide bonds. The molecule has 6 heteroatoms. The Balaban J connectivity index is 2.00. The normalized spacial score (nSPS) is 20.8. The molecule has 0 bridgehead atoms. The summed E-state index contributed by atoms with van der Waals surface area (Å²) in [7, 11) is 0. The second-order valence-corrected chi connectivity index (χ2v) is 6.00. The van der Waals surface area contributed by atoms with Crippen LogP contribution in [0, 0.1) is 0 Å². The molecule has 2 aromatic heterocycles. The van der Waals surface area contributed by atoms with Crippen molar-refractivity contribution in [2.45, 2.75) is 32.0 Å². The van der Waals surface area contributed by atoms with E-state index >= 15 is 0 Å². The van der Waals surface area contributed by atoms with E-state index in [-0.39, 0.29) is 18.7 Å². The summed E-state index contributed by atoms with van der Waals surface area (Å²) in [4.78, 5) is 6.69. The Bertz CT molecular complexity index is 658. The first-order valence-electron chi connectivity index (χ1n) is 8.00. The summed E-state index contributed by atoms with van der Waals surface area (Å²) < 4.78 is 2.24. The fourth-order valence-electron chi connectivity index (χ4n) is 3.19. The maximum atomic E-state index is 9.21. The van der Waals surface area contributed by atoms with Crippen molar-refractivity contribution in [2.75, 3.05) is 13.2 Å². The molecule has 2 N–H and O–H groups in total. The van der Waals surface area contributed by atoms with Gasteiger partial charge >= 0.3 is 0 Å². The molecule has 2 atom stereocenters. The summed E-state index contributed by atoms with van der Waals surface area (Å²) in [6, 6.07) is 10.3. The molecule has 0 aromatic carbocycles. The standard InChI is InChI=1S/C17H22N4OS/c1-2-20-10-5-8-14(20)16-15(13-7-3-4-9-18-13)19-17(23)21(16)11-6-12-22/h3-5,7-10,15-16,22H,2,6,11-12H2,1H3,(H,19,23). The van der Waals surface area contributed by atoms with Gasteiger partial charge in [0.15, 0.2) is 5.11 Å². The highest BCUT2D eigenvalue weighted by Crippen LogP contribution is 2.38. The lowest BCUT2D eigenvalue weighted by molar-refractivity contribution is 0.243. The van der Waals surface area contributed by atoms with Gasteiger partial charge < -0.3 is 19.9 Å². The second-order valence-electron chi connectivity index (χ2n) is 5.62. The van der Waals surface area contributed by atoms with E-state index in [1.165, 1.54) is 5.69 Å². The molecule has 1 saturated heterocycles. The first-order chi connectivity index (χ1) is 11.3. The van der Waals surface area contributed by atoms with Gasteiger partial charge in [-0.15, -0.1) is 0 Å². The predicted molar refractivity (Wildman–Crippen MR) is 94.0 cm³/mol. The molecular weight excluding hydrogens is 308 g/mol. The third kappa shape index (κ3) is 3.09. The van der Waals surface area contributed by atoms with Crippen molar-refractivity contribution in [3.05, 3.63) is 54.1 Å². The summed E-state index contributed by atoms with van der Waals surface area (Å²) in [5, 5.41) is 13.3. The molecule has 5 nitrogen and oxygen atoms in total. The molecule has 3 heterocycles. The average Bonchev–Trinajstić information content (AvgIpc) is 3.17. The number of nitrogens with zero attached hydrogens (tertiary/aromatic N) is 3. The Hall–Kier alpha value is -1.92. The number of aliphatic hydroxyl groups is 1. The lowest BCUT2D eigenvalue weighted by Crippen LogP contribution is -2.31. The number of hydrogen-bond acceptors (Lipinski definition) is 3. The number of rotatable bonds is 6. The third-order valence-electron chi connectivity index (χ3n) is 4.26. The van der Waals surface area contributed by atoms with Crippen molar-refractivity contribution in [2.24, 2.45) is 0 Å². The van der Waals surface area contributed by atoms with Gasteiger partial charge in [0.05, 0.1) is 17.8 Å². The van der Waals surface area contributed by atoms with E-state index in [9.17, 15) is 5.11 Å². The van der Waals surface area contributed by atoms with E-state index < -0.39 is 0 Å². The second kappa shape index (κ2) is 7.10. The van der Waals surface area contributed by atoms with Crippen LogP contribution in [-0.2, 0) is 6.54 Å². The first-order valence-corrected chi connectivity index (χ1v) is 8.41. The molecule has 0 radical (unpaired) electrons. The monoisotopic (exact) mass is 330 g/mol. The van der Waals surface area contributed by atoms with Crippen molar-refractivity contribution in [1.29, 1.82) is 0 Å². The van der Waals surface area contributed by atoms with Gasteiger partial charge in [0.2, 0.25) is 0 Å². The Morgan fingerprint density at radius 1 is 1.30 bits per heavy atom. The average molecular weight is 330 g/mol. The lowest BCUT2D eigenvalue weighted by Gasteiger charge is -2.28. The predicted octanol–water partition coefficient (Wildman–Crippen LogP) is 2.26. The molecule has 3 rings (SSSR count). The van der Waals surface area contributed by atoms with Gasteiger partial charge in [0, 0.05) is 37.8 Å². The molecule has 0 saturated carbocycles. The van der Waals surface area contributed by atoms with E-state index in [0.717, 1.165) is 23.9 Å². The molecule has 1 fully saturated rings. The van der Waals surface area contributed by atoms with Crippen LogP contribution >= 0.6 is 12.2 Å². The molecular formula is C17H22N4OS. The van der Waals surface area contributed by atoms with Crippen LogP contribution < -0.4 is 5.32 Å². The van der Waals surface area contributed by atoms with Crippen LogP contribution in [0.15, 0.2) is 42.7 Å². The van der Waals surface area contributed by atoms with E-state index in [4.69, 9.17) is 12.2 Å². The largest absolute Gasteiger partial charge is 0.396 e. The maximum Gasteiger partial charge on any atom is 0.170 e. The highest BCUT2D eigenvalue weighted by atomic mass is 32.1. The fourth-order valence-corrected chi connectivity index (χ4v) is 3.52. The Kier molecular flexibility index (Phi) is 4.93. The third-order valence-corrected chi connectivity index (χ3v) is 4.62. The van der Waals surface area contributed by atoms with Crippen LogP contribution in [0.1, 0.15) is 36.8 Å². The number of thiocarbonyl (C=S) groups is 1. The van der Waals surface area contributed by atoms with Crippen molar-refractivity contribution < 1.29 is 5.11 Å². The van der Waals surface area contributed by atoms with Gasteiger partial charge in [0.25, 0.3) is 0 Å². The maximum absolute atomic E-state index is 9.21. The van der Waals surface area contributed by atoms with Crippen molar-refractivity contribution in [3.63, 3.8) is 0 Å². The van der Waals surface area contributed by atoms with Crippen molar-refractivity contribution in [3.8, 4) is 0 Å². The highest BCUT2D eigenvalue weighted by Gasteiger charge is 2.40. The molecule has 0 aliphatic carbocycles. The van der Waals surface area contributed by atoms with E-state index in [2.05, 4.69) is 45.0 Å². The molecule has 23 heavy (non-hydrogen) atoms. The molecule has 0 spiro atoms. The van der Waals surface area contributed by atoms with Crippen molar-refractivity contribution in [1.82, 2.24) is 19.8 Å². The number of aromatic nitrogens is 2. The Labute approximate surface area is 142 Å². The summed E-state index contributed by atoms with van der Waals surface area (Å²) in [5.41, 5.74) is 2.20. The summed E-state index contributed by atoms with van der Waals surface area (Å²) in [6.45, 7) is 3.94. The Morgan fingerprint density at radius 2 is 2.17 bits per heavy atom. The smallest absolute Gasteiger partial charge is 0.170 e. The number of hydrogen-bond donors (Lipinski definition) is 2. The van der Waals surface area contributed by atoms with E-state index in [0.29, 0.717) is 6.42 Å². The molecule has 2 aromatic rings. The Morgan fingerprint density at radius 3 is 2.87 bits per heavy atom. The van der Waals surface area contributed by atoms with Gasteiger partial charge in [-0.25, -0.2) is 0 Å². The van der Waals surface area contributed by atoms with Crippen LogP contribution in [0.4, 0.5) is 0 Å². The van der Waals surface area contributed by atoms with Gasteiger partial charge in [0.1, 0.15) is 0 Å². The minimum Gasteiger partial charge on any atom is -0.396 e. The van der Waals surface area contributed by atoms with Crippen LogP contribution in [0.5, 0.6) is 0 Å². The zero-order valence-electron chi connectivity index (χ0n) is 13.2. The van der Waals surface area contributed by atoms with E-state index in [1.807, 2.05) is 24.4 Å². The lowest BCUT2D eigenvalue weighted by atomic mass is 10.0. The van der Waals surface area contributed by atoms with Gasteiger partial charge in [-0.1, -0.05) is 6.07 Å². The number of aryl methyl sites for hydroxylation is 1. The van der Waals surface area contributed by atoms with Crippen LogP contribution in [0.2, 0.25) is 0 Å². The highest BCUT2D eigenvalue weighted by molar-refractivity contribution is 7.80. The quantitative estimate of drug-likeness (QED) is 0.796. The number of pyridine rings is 1. The summed E-state index contributed by atoms with van der Waals surface area (Å²) in [5.74, 6) is 0. The first kappa shape index (κ1) is 16.0. The zero-order chi connectivity index (χ0) is 16.2. The van der Waals surface area contributed by atoms with Crippen LogP contribution in [0.3, 0.4) is 0 Å². The topological polar surface area (TPSA) is 53.3 Å². The van der Waals surface area contributed by atoms with Crippen molar-refractivity contribution >= 4 is 17.3 Å². The summed E-state index contributed by atoms with van der Waals surface area (Å²) in [6.07, 6.45) is 4.60. The number of aliphatic hydroxyl groups excluding tert-OH is 1. The van der Waals surface area contributed by atoms with Crippen LogP contribution in [0.25, 0.3) is 0 Å². The minimum absolute atomic E-state index is 0.0163.